The average molecular weight is 221 g/mol. The van der Waals surface area contributed by atoms with Gasteiger partial charge in [-0.2, -0.15) is 0 Å². The molecule has 0 aromatic heterocycles. The molecule has 0 bridgehead atoms. The van der Waals surface area contributed by atoms with Crippen LogP contribution in [0, 0.1) is 6.92 Å². The normalized spacial score (nSPS) is 10.1. The van der Waals surface area contributed by atoms with E-state index in [1.54, 1.807) is 6.07 Å². The molecule has 0 heterocycles. The van der Waals surface area contributed by atoms with Gasteiger partial charge in [0.05, 0.1) is 0 Å². The fourth-order valence-corrected chi connectivity index (χ4v) is 1.58. The molecule has 1 aromatic rings. The first-order chi connectivity index (χ1) is 7.41. The molecule has 16 heavy (non-hydrogen) atoms. The SMILES string of the molecule is Cc1cc(C(N)=O)cc(N)c1CCC(N)=O. The highest BCUT2D eigenvalue weighted by Crippen LogP contribution is 2.20. The second kappa shape index (κ2) is 4.65. The number of nitrogens with two attached hydrogens (primary N) is 3. The van der Waals surface area contributed by atoms with E-state index in [1.807, 2.05) is 6.92 Å². The number of anilines is 1. The van der Waals surface area contributed by atoms with Crippen molar-refractivity contribution in [3.63, 3.8) is 0 Å². The maximum Gasteiger partial charge on any atom is 0.248 e. The molecular weight excluding hydrogens is 206 g/mol. The van der Waals surface area contributed by atoms with Gasteiger partial charge in [-0.25, -0.2) is 0 Å². The van der Waals surface area contributed by atoms with Crippen LogP contribution in [0.4, 0.5) is 5.69 Å². The molecule has 0 radical (unpaired) electrons. The van der Waals surface area contributed by atoms with Crippen molar-refractivity contribution >= 4 is 17.5 Å². The zero-order valence-electron chi connectivity index (χ0n) is 9.12. The molecule has 0 saturated carbocycles. The van der Waals surface area contributed by atoms with Crippen molar-refractivity contribution in [2.75, 3.05) is 5.73 Å². The van der Waals surface area contributed by atoms with E-state index in [0.29, 0.717) is 17.7 Å². The molecule has 0 unspecified atom stereocenters. The lowest BCUT2D eigenvalue weighted by Gasteiger charge is -2.10. The summed E-state index contributed by atoms with van der Waals surface area (Å²) in [5.74, 6) is -0.894. The summed E-state index contributed by atoms with van der Waals surface area (Å²) in [7, 11) is 0. The van der Waals surface area contributed by atoms with E-state index < -0.39 is 5.91 Å². The molecule has 0 fully saturated rings. The van der Waals surface area contributed by atoms with Gasteiger partial charge in [0.25, 0.3) is 0 Å². The van der Waals surface area contributed by atoms with Crippen molar-refractivity contribution in [1.82, 2.24) is 0 Å². The summed E-state index contributed by atoms with van der Waals surface area (Å²) in [5, 5.41) is 0. The number of amides is 2. The highest BCUT2D eigenvalue weighted by atomic mass is 16.1. The van der Waals surface area contributed by atoms with Crippen LogP contribution in [0.1, 0.15) is 27.9 Å². The van der Waals surface area contributed by atoms with Crippen LogP contribution in [0.3, 0.4) is 0 Å². The fraction of sp³-hybridized carbons (Fsp3) is 0.273. The number of aryl methyl sites for hydroxylation is 1. The van der Waals surface area contributed by atoms with E-state index in [0.717, 1.165) is 11.1 Å². The highest BCUT2D eigenvalue weighted by Gasteiger charge is 2.09. The Bertz CT molecular complexity index is 418. The molecule has 2 amide bonds. The van der Waals surface area contributed by atoms with Gasteiger partial charge in [-0.15, -0.1) is 0 Å². The average Bonchev–Trinajstić information content (AvgIpc) is 2.15. The maximum absolute atomic E-state index is 11.0. The van der Waals surface area contributed by atoms with Gasteiger partial charge >= 0.3 is 0 Å². The van der Waals surface area contributed by atoms with Crippen LogP contribution in [-0.4, -0.2) is 11.8 Å². The standard InChI is InChI=1S/C11H15N3O2/c1-6-4-7(11(14)16)5-9(12)8(6)2-3-10(13)15/h4-5H,2-3,12H2,1H3,(H2,13,15)(H2,14,16). The number of hydrogen-bond donors (Lipinski definition) is 3. The molecule has 5 heteroatoms. The van der Waals surface area contributed by atoms with Crippen LogP contribution < -0.4 is 17.2 Å². The Hall–Kier alpha value is -2.04. The predicted molar refractivity (Wildman–Crippen MR) is 61.6 cm³/mol. The third-order valence-corrected chi connectivity index (χ3v) is 2.41. The Morgan fingerprint density at radius 3 is 2.31 bits per heavy atom. The maximum atomic E-state index is 11.0. The lowest BCUT2D eigenvalue weighted by molar-refractivity contribution is -0.117. The number of carbonyl (C=O) groups is 2. The smallest absolute Gasteiger partial charge is 0.248 e. The molecule has 0 aliphatic carbocycles. The Morgan fingerprint density at radius 2 is 1.88 bits per heavy atom. The van der Waals surface area contributed by atoms with Crippen LogP contribution >= 0.6 is 0 Å². The van der Waals surface area contributed by atoms with Crippen molar-refractivity contribution in [1.29, 1.82) is 0 Å². The van der Waals surface area contributed by atoms with E-state index >= 15 is 0 Å². The molecule has 1 rings (SSSR count). The summed E-state index contributed by atoms with van der Waals surface area (Å²) in [5.41, 5.74) is 18.5. The van der Waals surface area contributed by atoms with Crippen molar-refractivity contribution in [2.45, 2.75) is 19.8 Å². The van der Waals surface area contributed by atoms with E-state index in [2.05, 4.69) is 0 Å². The summed E-state index contributed by atoms with van der Waals surface area (Å²) in [6, 6.07) is 3.18. The second-order valence-corrected chi connectivity index (χ2v) is 3.69. The number of benzene rings is 1. The van der Waals surface area contributed by atoms with Crippen LogP contribution in [0.2, 0.25) is 0 Å². The molecule has 0 aliphatic heterocycles. The molecule has 0 saturated heterocycles. The molecule has 5 nitrogen and oxygen atoms in total. The molecule has 6 N–H and O–H groups in total. The molecular formula is C11H15N3O2. The predicted octanol–water partition coefficient (Wildman–Crippen LogP) is 0.0940. The lowest BCUT2D eigenvalue weighted by atomic mass is 9.98. The van der Waals surface area contributed by atoms with E-state index in [4.69, 9.17) is 17.2 Å². The first-order valence-corrected chi connectivity index (χ1v) is 4.89. The third-order valence-electron chi connectivity index (χ3n) is 2.41. The van der Waals surface area contributed by atoms with Crippen molar-refractivity contribution in [2.24, 2.45) is 11.5 Å². The Balaban J connectivity index is 3.03. The molecule has 0 atom stereocenters. The molecule has 1 aromatic carbocycles. The topological polar surface area (TPSA) is 112 Å². The van der Waals surface area contributed by atoms with Gasteiger partial charge in [0.2, 0.25) is 11.8 Å². The Morgan fingerprint density at radius 1 is 1.25 bits per heavy atom. The number of rotatable bonds is 4. The monoisotopic (exact) mass is 221 g/mol. The zero-order valence-corrected chi connectivity index (χ0v) is 9.12. The summed E-state index contributed by atoms with van der Waals surface area (Å²) < 4.78 is 0. The zero-order chi connectivity index (χ0) is 12.3. The van der Waals surface area contributed by atoms with Crippen LogP contribution in [0.25, 0.3) is 0 Å². The molecule has 0 spiro atoms. The van der Waals surface area contributed by atoms with Gasteiger partial charge in [-0.1, -0.05) is 0 Å². The van der Waals surface area contributed by atoms with Gasteiger partial charge in [-0.05, 0) is 36.6 Å². The summed E-state index contributed by atoms with van der Waals surface area (Å²) in [6.07, 6.45) is 0.715. The minimum absolute atomic E-state index is 0.237. The van der Waals surface area contributed by atoms with Crippen LogP contribution in [0.5, 0.6) is 0 Å². The van der Waals surface area contributed by atoms with Gasteiger partial charge in [0.15, 0.2) is 0 Å². The molecule has 86 valence electrons. The summed E-state index contributed by atoms with van der Waals surface area (Å²) >= 11 is 0. The van der Waals surface area contributed by atoms with Gasteiger partial charge in [0, 0.05) is 17.7 Å². The van der Waals surface area contributed by atoms with Gasteiger partial charge in [0.1, 0.15) is 0 Å². The number of nitrogen functional groups attached to an aromatic ring is 1. The van der Waals surface area contributed by atoms with E-state index in [9.17, 15) is 9.59 Å². The van der Waals surface area contributed by atoms with Crippen molar-refractivity contribution in [3.05, 3.63) is 28.8 Å². The summed E-state index contributed by atoms with van der Waals surface area (Å²) in [6.45, 7) is 1.82. The fourth-order valence-electron chi connectivity index (χ4n) is 1.58. The first-order valence-electron chi connectivity index (χ1n) is 4.89. The minimum Gasteiger partial charge on any atom is -0.398 e. The van der Waals surface area contributed by atoms with E-state index in [1.165, 1.54) is 6.07 Å². The van der Waals surface area contributed by atoms with Crippen molar-refractivity contribution in [3.8, 4) is 0 Å². The first kappa shape index (κ1) is 12.0. The molecule has 0 aliphatic rings. The number of hydrogen-bond acceptors (Lipinski definition) is 3. The quantitative estimate of drug-likeness (QED) is 0.626. The number of carbonyl (C=O) groups excluding carboxylic acids is 2. The third kappa shape index (κ3) is 2.73. The second-order valence-electron chi connectivity index (χ2n) is 3.69. The highest BCUT2D eigenvalue weighted by molar-refractivity contribution is 5.94. The lowest BCUT2D eigenvalue weighted by Crippen LogP contribution is -2.14. The van der Waals surface area contributed by atoms with E-state index in [-0.39, 0.29) is 12.3 Å². The van der Waals surface area contributed by atoms with Gasteiger partial charge < -0.3 is 17.2 Å². The van der Waals surface area contributed by atoms with Gasteiger partial charge in [-0.3, -0.25) is 9.59 Å². The Kier molecular flexibility index (Phi) is 3.50. The minimum atomic E-state index is -0.517. The van der Waals surface area contributed by atoms with Crippen LogP contribution in [-0.2, 0) is 11.2 Å². The van der Waals surface area contributed by atoms with Crippen LogP contribution in [0.15, 0.2) is 12.1 Å². The number of primary amides is 2. The Labute approximate surface area is 93.6 Å². The largest absolute Gasteiger partial charge is 0.398 e. The van der Waals surface area contributed by atoms with Crippen molar-refractivity contribution < 1.29 is 9.59 Å². The summed E-state index contributed by atoms with van der Waals surface area (Å²) in [4.78, 5) is 21.7.